The molecule has 0 radical (unpaired) electrons. The zero-order valence-electron chi connectivity index (χ0n) is 7.02. The van der Waals surface area contributed by atoms with Gasteiger partial charge in [0.25, 0.3) is 0 Å². The number of hydrogen-bond acceptors (Lipinski definition) is 0. The SMILES string of the molecule is FC1=C(F)[C@]2(F)[C@@]1(F)[C@@]1(F)C(F)=C(Cl)[C@@]21Cl. The Balaban J connectivity index is 2.32. The summed E-state index contributed by atoms with van der Waals surface area (Å²) in [6.07, 6.45) is 0. The number of hydrogen-bond donors (Lipinski definition) is 0. The van der Waals surface area contributed by atoms with Crippen molar-refractivity contribution in [1.29, 1.82) is 0 Å². The van der Waals surface area contributed by atoms with Crippen LogP contribution in [0.1, 0.15) is 0 Å². The van der Waals surface area contributed by atoms with Crippen molar-refractivity contribution in [3.8, 4) is 0 Å². The van der Waals surface area contributed by atoms with Crippen molar-refractivity contribution in [3.05, 3.63) is 22.5 Å². The highest BCUT2D eigenvalue weighted by Gasteiger charge is 3.07. The quantitative estimate of drug-likeness (QED) is 0.469. The second kappa shape index (κ2) is 2.14. The predicted molar refractivity (Wildman–Crippen MR) is 43.3 cm³/mol. The van der Waals surface area contributed by atoms with E-state index in [4.69, 9.17) is 23.2 Å². The van der Waals surface area contributed by atoms with Crippen LogP contribution in [0.5, 0.6) is 0 Å². The third-order valence-electron chi connectivity index (χ3n) is 3.49. The molecule has 0 aromatic heterocycles. The van der Waals surface area contributed by atoms with Gasteiger partial charge in [-0.05, 0) is 0 Å². The zero-order chi connectivity index (χ0) is 12.3. The van der Waals surface area contributed by atoms with Gasteiger partial charge in [0.1, 0.15) is 0 Å². The molecule has 0 bridgehead atoms. The first-order valence-electron chi connectivity index (χ1n) is 4.01. The summed E-state index contributed by atoms with van der Waals surface area (Å²) >= 11 is 10.4. The van der Waals surface area contributed by atoms with E-state index in [2.05, 4.69) is 0 Å². The first kappa shape index (κ1) is 10.8. The molecule has 16 heavy (non-hydrogen) atoms. The first-order chi connectivity index (χ1) is 7.13. The fraction of sp³-hybridized carbons (Fsp3) is 0.500. The normalized spacial score (nSPS) is 58.5. The fourth-order valence-electron chi connectivity index (χ4n) is 2.58. The maximum Gasteiger partial charge on any atom is 0.249 e. The second-order valence-electron chi connectivity index (χ2n) is 3.89. The molecular formula is C8Cl2F6. The van der Waals surface area contributed by atoms with Crippen molar-refractivity contribution in [1.82, 2.24) is 0 Å². The second-order valence-corrected chi connectivity index (χ2v) is 4.83. The Morgan fingerprint density at radius 3 is 1.62 bits per heavy atom. The summed E-state index contributed by atoms with van der Waals surface area (Å²) in [7, 11) is 0. The van der Waals surface area contributed by atoms with Gasteiger partial charge in [0.05, 0.1) is 5.03 Å². The molecule has 3 aliphatic carbocycles. The van der Waals surface area contributed by atoms with Crippen molar-refractivity contribution in [2.75, 3.05) is 0 Å². The molecule has 4 atom stereocenters. The molecule has 88 valence electrons. The lowest BCUT2D eigenvalue weighted by molar-refractivity contribution is -0.277. The van der Waals surface area contributed by atoms with E-state index in [0.717, 1.165) is 0 Å². The summed E-state index contributed by atoms with van der Waals surface area (Å²) in [5, 5.41) is -1.17. The van der Waals surface area contributed by atoms with Gasteiger partial charge in [-0.25, -0.2) is 26.3 Å². The first-order valence-corrected chi connectivity index (χ1v) is 4.77. The molecule has 0 heterocycles. The summed E-state index contributed by atoms with van der Waals surface area (Å²) in [6.45, 7) is 0. The molecule has 1 fully saturated rings. The molecule has 0 nitrogen and oxygen atoms in total. The maximum absolute atomic E-state index is 13.8. The lowest BCUT2D eigenvalue weighted by Gasteiger charge is -2.73. The summed E-state index contributed by atoms with van der Waals surface area (Å²) in [6, 6.07) is 0. The van der Waals surface area contributed by atoms with Crippen LogP contribution in [-0.2, 0) is 0 Å². The molecule has 0 saturated heterocycles. The van der Waals surface area contributed by atoms with Crippen LogP contribution < -0.4 is 0 Å². The molecule has 1 saturated carbocycles. The van der Waals surface area contributed by atoms with Crippen LogP contribution in [0.2, 0.25) is 0 Å². The molecule has 8 heteroatoms. The minimum atomic E-state index is -4.05. The minimum Gasteiger partial charge on any atom is -0.229 e. The van der Waals surface area contributed by atoms with Gasteiger partial charge in [-0.15, -0.1) is 11.6 Å². The third-order valence-corrected chi connectivity index (χ3v) is 4.75. The Morgan fingerprint density at radius 1 is 0.750 bits per heavy atom. The van der Waals surface area contributed by atoms with Crippen LogP contribution in [0.25, 0.3) is 0 Å². The lowest BCUT2D eigenvalue weighted by atomic mass is 9.38. The zero-order valence-corrected chi connectivity index (χ0v) is 8.54. The molecule has 0 aromatic rings. The van der Waals surface area contributed by atoms with Gasteiger partial charge in [-0.1, -0.05) is 11.6 Å². The van der Waals surface area contributed by atoms with Crippen LogP contribution >= 0.6 is 23.2 Å². The van der Waals surface area contributed by atoms with Crippen LogP contribution in [0.15, 0.2) is 22.5 Å². The van der Waals surface area contributed by atoms with Gasteiger partial charge in [-0.2, -0.15) is 0 Å². The summed E-state index contributed by atoms with van der Waals surface area (Å²) in [5.74, 6) is -6.39. The highest BCUT2D eigenvalue weighted by molar-refractivity contribution is 6.45. The number of rotatable bonds is 0. The predicted octanol–water partition coefficient (Wildman–Crippen LogP) is 3.70. The van der Waals surface area contributed by atoms with Crippen molar-refractivity contribution < 1.29 is 26.3 Å². The van der Waals surface area contributed by atoms with Gasteiger partial charge >= 0.3 is 0 Å². The largest absolute Gasteiger partial charge is 0.249 e. The van der Waals surface area contributed by atoms with Crippen LogP contribution in [0.4, 0.5) is 26.3 Å². The van der Waals surface area contributed by atoms with Crippen molar-refractivity contribution in [2.45, 2.75) is 21.9 Å². The highest BCUT2D eigenvalue weighted by Crippen LogP contribution is 2.86. The molecule has 0 aromatic carbocycles. The Bertz CT molecular complexity index is 409. The molecule has 0 spiro atoms. The van der Waals surface area contributed by atoms with E-state index in [9.17, 15) is 26.3 Å². The molecule has 0 unspecified atom stereocenters. The maximum atomic E-state index is 13.8. The van der Waals surface area contributed by atoms with Gasteiger partial charge in [0.2, 0.25) is 17.0 Å². The highest BCUT2D eigenvalue weighted by atomic mass is 35.5. The average Bonchev–Trinajstić information content (AvgIpc) is 2.30. The molecule has 3 aliphatic rings. The Hall–Kier alpha value is -0.360. The molecular weight excluding hydrogens is 281 g/mol. The van der Waals surface area contributed by atoms with Crippen LogP contribution in [0.3, 0.4) is 0 Å². The van der Waals surface area contributed by atoms with E-state index < -0.39 is 44.4 Å². The van der Waals surface area contributed by atoms with Crippen molar-refractivity contribution in [2.24, 2.45) is 0 Å². The van der Waals surface area contributed by atoms with Crippen molar-refractivity contribution in [3.63, 3.8) is 0 Å². The number of fused-ring (bicyclic) bond motifs is 4. The van der Waals surface area contributed by atoms with Gasteiger partial charge < -0.3 is 0 Å². The fourth-order valence-corrected chi connectivity index (χ4v) is 3.48. The third kappa shape index (κ3) is 0.476. The van der Waals surface area contributed by atoms with Gasteiger partial charge in [0, 0.05) is 0 Å². The summed E-state index contributed by atoms with van der Waals surface area (Å²) < 4.78 is 79.7. The topological polar surface area (TPSA) is 0 Å². The van der Waals surface area contributed by atoms with Gasteiger partial charge in [-0.3, -0.25) is 0 Å². The van der Waals surface area contributed by atoms with E-state index >= 15 is 0 Å². The van der Waals surface area contributed by atoms with E-state index in [1.807, 2.05) is 0 Å². The minimum absolute atomic E-state index is 1.17. The summed E-state index contributed by atoms with van der Waals surface area (Å²) in [5.41, 5.74) is -11.6. The van der Waals surface area contributed by atoms with E-state index in [1.54, 1.807) is 0 Å². The van der Waals surface area contributed by atoms with E-state index in [0.29, 0.717) is 0 Å². The van der Waals surface area contributed by atoms with Gasteiger partial charge in [0.15, 0.2) is 22.4 Å². The molecule has 3 rings (SSSR count). The Kier molecular flexibility index (Phi) is 1.44. The smallest absolute Gasteiger partial charge is 0.229 e. The van der Waals surface area contributed by atoms with Crippen LogP contribution in [-0.4, -0.2) is 21.9 Å². The Morgan fingerprint density at radius 2 is 1.12 bits per heavy atom. The van der Waals surface area contributed by atoms with Crippen LogP contribution in [0, 0.1) is 0 Å². The van der Waals surface area contributed by atoms with E-state index in [1.165, 1.54) is 0 Å². The van der Waals surface area contributed by atoms with Crippen molar-refractivity contribution >= 4 is 23.2 Å². The van der Waals surface area contributed by atoms with E-state index in [-0.39, 0.29) is 0 Å². The Labute approximate surface area is 94.5 Å². The standard InChI is InChI=1S/C8Cl2F6/c9-1-2(11)6(14)5(1,10)7(15)3(12)4(13)8(6,7)16/t5-,6+,7+,8-/m0/s1. The number of halogens is 8. The molecule has 0 N–H and O–H groups in total. The number of alkyl halides is 4. The molecule has 0 aliphatic heterocycles. The molecule has 0 amide bonds. The number of allylic oxidation sites excluding steroid dienone is 4. The monoisotopic (exact) mass is 280 g/mol. The average molecular weight is 281 g/mol. The summed E-state index contributed by atoms with van der Waals surface area (Å²) in [4.78, 5) is -3.04. The lowest BCUT2D eigenvalue weighted by Crippen LogP contribution is -2.96.